The van der Waals surface area contributed by atoms with E-state index in [1.807, 2.05) is 0 Å². The average Bonchev–Trinajstić information content (AvgIpc) is 3.00. The first-order chi connectivity index (χ1) is 20.5. The van der Waals surface area contributed by atoms with E-state index in [1.54, 1.807) is 0 Å². The van der Waals surface area contributed by atoms with E-state index in [0.717, 1.165) is 17.3 Å². The van der Waals surface area contributed by atoms with Crippen LogP contribution in [0.2, 0.25) is 39.3 Å². The Balaban J connectivity index is 1.81. The van der Waals surface area contributed by atoms with E-state index in [2.05, 4.69) is 179 Å². The minimum Gasteiger partial charge on any atom is -0.329 e. The SMILES string of the molecule is C[Si](C)(C)N=P(Cc1cccc(P(=N[Si](C)(C)C)(c2ccccc2)c2ccccc2)n1)(c1ccccc1)c1ccccc1. The summed E-state index contributed by atoms with van der Waals surface area (Å²) in [5.74, 6) is 0. The Bertz CT molecular complexity index is 1680. The fourth-order valence-corrected chi connectivity index (χ4v) is 21.1. The van der Waals surface area contributed by atoms with Gasteiger partial charge < -0.3 is 8.82 Å². The Morgan fingerprint density at radius 2 is 0.860 bits per heavy atom. The van der Waals surface area contributed by atoms with Gasteiger partial charge in [-0.3, -0.25) is 4.98 Å². The lowest BCUT2D eigenvalue weighted by Gasteiger charge is -2.32. The van der Waals surface area contributed by atoms with Crippen LogP contribution in [0, 0.1) is 0 Å². The minimum atomic E-state index is -2.39. The van der Waals surface area contributed by atoms with Gasteiger partial charge in [-0.2, -0.15) is 0 Å². The molecular weight excluding hydrogens is 593 g/mol. The maximum absolute atomic E-state index is 5.85. The molecule has 0 spiro atoms. The summed E-state index contributed by atoms with van der Waals surface area (Å²) in [6.45, 7) is 14.1. The highest BCUT2D eigenvalue weighted by Crippen LogP contribution is 2.53. The van der Waals surface area contributed by atoms with Crippen LogP contribution in [0.15, 0.2) is 148 Å². The second-order valence-corrected chi connectivity index (χ2v) is 28.9. The molecule has 0 N–H and O–H groups in total. The molecule has 0 radical (unpaired) electrons. The fourth-order valence-electron chi connectivity index (χ4n) is 5.63. The Morgan fingerprint density at radius 1 is 0.465 bits per heavy atom. The van der Waals surface area contributed by atoms with Crippen LogP contribution in [0.25, 0.3) is 0 Å². The highest BCUT2D eigenvalue weighted by atomic mass is 31.2. The Labute approximate surface area is 260 Å². The predicted molar refractivity (Wildman–Crippen MR) is 197 cm³/mol. The highest BCUT2D eigenvalue weighted by Gasteiger charge is 2.33. The van der Waals surface area contributed by atoms with Gasteiger partial charge in [0.15, 0.2) is 16.5 Å². The van der Waals surface area contributed by atoms with Gasteiger partial charge in [0.1, 0.15) is 0 Å². The number of benzene rings is 4. The van der Waals surface area contributed by atoms with Gasteiger partial charge in [0.25, 0.3) is 0 Å². The van der Waals surface area contributed by atoms with Crippen molar-refractivity contribution in [3.63, 3.8) is 0 Å². The zero-order chi connectivity index (χ0) is 30.6. The molecule has 1 aromatic heterocycles. The summed E-state index contributed by atoms with van der Waals surface area (Å²) in [7, 11) is -8.35. The largest absolute Gasteiger partial charge is 0.329 e. The molecule has 0 amide bonds. The van der Waals surface area contributed by atoms with Gasteiger partial charge in [-0.25, -0.2) is 0 Å². The average molecular weight is 636 g/mol. The molecule has 1 heterocycles. The van der Waals surface area contributed by atoms with Crippen molar-refractivity contribution in [3.8, 4) is 0 Å². The first-order valence-corrected chi connectivity index (χ1v) is 25.5. The molecule has 0 bridgehead atoms. The predicted octanol–water partition coefficient (Wildman–Crippen LogP) is 8.58. The molecule has 5 rings (SSSR count). The summed E-state index contributed by atoms with van der Waals surface area (Å²) in [5, 5.41) is 5.14. The lowest BCUT2D eigenvalue weighted by Crippen LogP contribution is -2.31. The third-order valence-electron chi connectivity index (χ3n) is 7.06. The monoisotopic (exact) mass is 635 g/mol. The van der Waals surface area contributed by atoms with Crippen LogP contribution in [0.1, 0.15) is 5.69 Å². The summed E-state index contributed by atoms with van der Waals surface area (Å²) in [6.07, 6.45) is 0.787. The number of hydrogen-bond acceptors (Lipinski definition) is 3. The lowest BCUT2D eigenvalue weighted by atomic mass is 10.4. The molecule has 0 saturated heterocycles. The van der Waals surface area contributed by atoms with Crippen molar-refractivity contribution in [1.82, 2.24) is 4.98 Å². The summed E-state index contributed by atoms with van der Waals surface area (Å²) < 4.78 is 11.7. The lowest BCUT2D eigenvalue weighted by molar-refractivity contribution is 1.20. The van der Waals surface area contributed by atoms with E-state index in [0.29, 0.717) is 0 Å². The van der Waals surface area contributed by atoms with Gasteiger partial charge in [-0.15, -0.1) is 0 Å². The van der Waals surface area contributed by atoms with E-state index in [9.17, 15) is 0 Å². The highest BCUT2D eigenvalue weighted by molar-refractivity contribution is 7.88. The zero-order valence-corrected chi connectivity index (χ0v) is 30.0. The summed E-state index contributed by atoms with van der Waals surface area (Å²) >= 11 is 0. The van der Waals surface area contributed by atoms with Gasteiger partial charge in [0.2, 0.25) is 0 Å². The standard InChI is InChI=1S/C36H43N3P2Si2/c1-42(2,3)38-40(32-21-11-7-12-22-32,33-23-13-8-14-24-33)30-31-20-19-29-36(37-31)41(39-43(4,5)6,34-25-15-9-16-26-34)35-27-17-10-18-28-35/h7-29H,30H2,1-6H3. The van der Waals surface area contributed by atoms with Crippen LogP contribution in [0.5, 0.6) is 0 Å². The van der Waals surface area contributed by atoms with Gasteiger partial charge in [-0.1, -0.05) is 167 Å². The minimum absolute atomic E-state index is 0.787. The molecule has 0 aliphatic rings. The maximum Gasteiger partial charge on any atom is 0.171 e. The van der Waals surface area contributed by atoms with Crippen molar-refractivity contribution in [1.29, 1.82) is 0 Å². The molecule has 4 aromatic carbocycles. The van der Waals surface area contributed by atoms with E-state index in [4.69, 9.17) is 13.8 Å². The van der Waals surface area contributed by atoms with E-state index in [-0.39, 0.29) is 0 Å². The van der Waals surface area contributed by atoms with Crippen LogP contribution in [0.3, 0.4) is 0 Å². The fraction of sp³-hybridized carbons (Fsp3) is 0.194. The van der Waals surface area contributed by atoms with Gasteiger partial charge in [0, 0.05) is 29.5 Å². The molecule has 43 heavy (non-hydrogen) atoms. The summed E-state index contributed by atoms with van der Waals surface area (Å²) in [4.78, 5) is 5.61. The second-order valence-electron chi connectivity index (χ2n) is 12.9. The van der Waals surface area contributed by atoms with Gasteiger partial charge in [-0.05, 0) is 22.7 Å². The van der Waals surface area contributed by atoms with Crippen LogP contribution in [0.4, 0.5) is 0 Å². The van der Waals surface area contributed by atoms with Gasteiger partial charge >= 0.3 is 0 Å². The number of pyridine rings is 1. The first kappa shape index (κ1) is 31.4. The maximum atomic E-state index is 5.85. The molecule has 0 saturated carbocycles. The summed E-state index contributed by atoms with van der Waals surface area (Å²) in [6, 6.07) is 50.4. The summed E-state index contributed by atoms with van der Waals surface area (Å²) in [5.41, 5.74) is 2.17. The molecule has 0 aliphatic carbocycles. The Morgan fingerprint density at radius 3 is 1.26 bits per heavy atom. The van der Waals surface area contributed by atoms with Crippen LogP contribution in [-0.4, -0.2) is 21.5 Å². The normalized spacial score (nSPS) is 12.5. The number of aromatic nitrogens is 1. The van der Waals surface area contributed by atoms with E-state index in [1.165, 1.54) is 21.2 Å². The molecule has 3 nitrogen and oxygen atoms in total. The quantitative estimate of drug-likeness (QED) is 0.118. The van der Waals surface area contributed by atoms with Crippen LogP contribution in [-0.2, 0) is 6.16 Å². The number of rotatable bonds is 9. The van der Waals surface area contributed by atoms with Crippen molar-refractivity contribution in [2.45, 2.75) is 45.4 Å². The second kappa shape index (κ2) is 12.9. The molecule has 0 aliphatic heterocycles. The van der Waals surface area contributed by atoms with E-state index < -0.39 is 30.6 Å². The molecule has 7 heteroatoms. The Kier molecular flexibility index (Phi) is 9.39. The topological polar surface area (TPSA) is 37.6 Å². The third-order valence-corrected chi connectivity index (χ3v) is 20.5. The number of hydrogen-bond donors (Lipinski definition) is 0. The first-order valence-electron chi connectivity index (χ1n) is 15.0. The van der Waals surface area contributed by atoms with Crippen LogP contribution >= 0.6 is 14.1 Å². The van der Waals surface area contributed by atoms with Crippen LogP contribution < -0.4 is 26.7 Å². The van der Waals surface area contributed by atoms with Crippen molar-refractivity contribution in [3.05, 3.63) is 145 Å². The molecule has 0 unspecified atom stereocenters. The van der Waals surface area contributed by atoms with Crippen molar-refractivity contribution >= 4 is 57.2 Å². The molecule has 0 atom stereocenters. The molecular formula is C36H43N3P2Si2. The zero-order valence-electron chi connectivity index (χ0n) is 26.2. The Hall–Kier alpha value is -3.08. The van der Waals surface area contributed by atoms with E-state index >= 15 is 0 Å². The van der Waals surface area contributed by atoms with Crippen molar-refractivity contribution < 1.29 is 0 Å². The molecule has 5 aromatic rings. The van der Waals surface area contributed by atoms with Crippen molar-refractivity contribution in [2.24, 2.45) is 8.82 Å². The smallest absolute Gasteiger partial charge is 0.171 e. The number of nitrogens with zero attached hydrogens (tertiary/aromatic N) is 3. The van der Waals surface area contributed by atoms with Gasteiger partial charge in [0.05, 0.1) is 12.5 Å². The third kappa shape index (κ3) is 7.19. The molecule has 0 fully saturated rings. The molecule has 220 valence electrons. The van der Waals surface area contributed by atoms with Crippen molar-refractivity contribution in [2.75, 3.05) is 0 Å².